The van der Waals surface area contributed by atoms with Crippen molar-refractivity contribution in [2.75, 3.05) is 11.9 Å². The molecule has 3 rings (SSSR count). The minimum Gasteiger partial charge on any atom is -0.493 e. The molecule has 0 spiro atoms. The Balaban J connectivity index is 1.88. The molecule has 0 saturated heterocycles. The van der Waals surface area contributed by atoms with Crippen LogP contribution in [-0.2, 0) is 7.05 Å². The molecular formula is C11H13N5O. The van der Waals surface area contributed by atoms with Crippen molar-refractivity contribution in [2.45, 2.75) is 12.5 Å². The van der Waals surface area contributed by atoms with Crippen LogP contribution in [0.1, 0.15) is 18.0 Å². The molecule has 1 aliphatic heterocycles. The van der Waals surface area contributed by atoms with Crippen LogP contribution in [0, 0.1) is 0 Å². The molecular weight excluding hydrogens is 218 g/mol. The summed E-state index contributed by atoms with van der Waals surface area (Å²) in [5.41, 5.74) is 1.15. The molecule has 1 unspecified atom stereocenters. The van der Waals surface area contributed by atoms with Crippen LogP contribution in [0.4, 0.5) is 5.95 Å². The molecule has 6 nitrogen and oxygen atoms in total. The third-order valence-corrected chi connectivity index (χ3v) is 2.88. The van der Waals surface area contributed by atoms with Crippen LogP contribution in [0.15, 0.2) is 24.3 Å². The van der Waals surface area contributed by atoms with E-state index < -0.39 is 0 Å². The van der Waals surface area contributed by atoms with Gasteiger partial charge in [-0.1, -0.05) is 23.3 Å². The number of anilines is 1. The van der Waals surface area contributed by atoms with E-state index in [0.717, 1.165) is 17.7 Å². The number of nitrogens with one attached hydrogen (secondary N) is 1. The summed E-state index contributed by atoms with van der Waals surface area (Å²) in [5.74, 6) is 1.61. The summed E-state index contributed by atoms with van der Waals surface area (Å²) in [4.78, 5) is 0. The highest BCUT2D eigenvalue weighted by Crippen LogP contribution is 2.33. The van der Waals surface area contributed by atoms with E-state index in [1.54, 1.807) is 4.68 Å². The third kappa shape index (κ3) is 1.82. The first-order valence-electron chi connectivity index (χ1n) is 5.55. The first-order valence-corrected chi connectivity index (χ1v) is 5.55. The number of aromatic nitrogens is 4. The molecule has 1 aliphatic rings. The van der Waals surface area contributed by atoms with Crippen LogP contribution < -0.4 is 10.1 Å². The predicted octanol–water partition coefficient (Wildman–Crippen LogP) is 1.15. The van der Waals surface area contributed by atoms with Crippen LogP contribution >= 0.6 is 0 Å². The molecule has 0 amide bonds. The van der Waals surface area contributed by atoms with Gasteiger partial charge in [-0.25, -0.2) is 4.68 Å². The lowest BCUT2D eigenvalue weighted by molar-refractivity contribution is 0.274. The van der Waals surface area contributed by atoms with Crippen LogP contribution in [0.25, 0.3) is 0 Å². The van der Waals surface area contributed by atoms with Crippen LogP contribution in [0.5, 0.6) is 5.75 Å². The van der Waals surface area contributed by atoms with E-state index >= 15 is 0 Å². The summed E-state index contributed by atoms with van der Waals surface area (Å²) in [6.45, 7) is 0.708. The second kappa shape index (κ2) is 4.04. The molecule has 0 fully saturated rings. The fourth-order valence-electron chi connectivity index (χ4n) is 2.00. The van der Waals surface area contributed by atoms with E-state index in [4.69, 9.17) is 4.74 Å². The van der Waals surface area contributed by atoms with E-state index in [0.29, 0.717) is 12.6 Å². The maximum absolute atomic E-state index is 5.60. The second-order valence-electron chi connectivity index (χ2n) is 4.00. The van der Waals surface area contributed by atoms with Crippen molar-refractivity contribution in [3.05, 3.63) is 29.8 Å². The maximum atomic E-state index is 5.60. The van der Waals surface area contributed by atoms with Gasteiger partial charge in [0.05, 0.1) is 12.6 Å². The van der Waals surface area contributed by atoms with Gasteiger partial charge < -0.3 is 10.1 Å². The lowest BCUT2D eigenvalue weighted by atomic mass is 10.0. The van der Waals surface area contributed by atoms with E-state index in [1.807, 2.05) is 25.2 Å². The van der Waals surface area contributed by atoms with Crippen molar-refractivity contribution < 1.29 is 4.74 Å². The van der Waals surface area contributed by atoms with Gasteiger partial charge in [-0.05, 0) is 16.5 Å². The Labute approximate surface area is 98.6 Å². The highest BCUT2D eigenvalue weighted by atomic mass is 16.5. The number of rotatable bonds is 2. The second-order valence-corrected chi connectivity index (χ2v) is 4.00. The van der Waals surface area contributed by atoms with Gasteiger partial charge >= 0.3 is 0 Å². The monoisotopic (exact) mass is 231 g/mol. The zero-order valence-electron chi connectivity index (χ0n) is 9.50. The van der Waals surface area contributed by atoms with Crippen molar-refractivity contribution in [3.63, 3.8) is 0 Å². The Morgan fingerprint density at radius 3 is 3.12 bits per heavy atom. The van der Waals surface area contributed by atoms with Crippen molar-refractivity contribution in [2.24, 2.45) is 7.05 Å². The van der Waals surface area contributed by atoms with Gasteiger partial charge in [0, 0.05) is 19.0 Å². The first-order chi connectivity index (χ1) is 8.34. The van der Waals surface area contributed by atoms with Gasteiger partial charge in [0.15, 0.2) is 0 Å². The van der Waals surface area contributed by atoms with E-state index in [2.05, 4.69) is 26.9 Å². The van der Waals surface area contributed by atoms with Crippen LogP contribution in [-0.4, -0.2) is 26.8 Å². The number of ether oxygens (including phenoxy) is 1. The molecule has 88 valence electrons. The molecule has 1 aromatic heterocycles. The van der Waals surface area contributed by atoms with Gasteiger partial charge in [-0.3, -0.25) is 0 Å². The lowest BCUT2D eigenvalue weighted by Gasteiger charge is -2.26. The van der Waals surface area contributed by atoms with Gasteiger partial charge in [0.25, 0.3) is 0 Å². The number of tetrazole rings is 1. The average Bonchev–Trinajstić information content (AvgIpc) is 2.76. The maximum Gasteiger partial charge on any atom is 0.243 e. The van der Waals surface area contributed by atoms with E-state index in [9.17, 15) is 0 Å². The lowest BCUT2D eigenvalue weighted by Crippen LogP contribution is -2.21. The number of hydrogen-bond acceptors (Lipinski definition) is 5. The number of fused-ring (bicyclic) bond motifs is 1. The topological polar surface area (TPSA) is 64.9 Å². The third-order valence-electron chi connectivity index (χ3n) is 2.88. The molecule has 17 heavy (non-hydrogen) atoms. The van der Waals surface area contributed by atoms with Crippen molar-refractivity contribution in [1.82, 2.24) is 20.2 Å². The highest BCUT2D eigenvalue weighted by molar-refractivity contribution is 5.41. The largest absolute Gasteiger partial charge is 0.493 e. The molecule has 0 saturated carbocycles. The number of nitrogens with zero attached hydrogens (tertiary/aromatic N) is 4. The summed E-state index contributed by atoms with van der Waals surface area (Å²) >= 11 is 0. The number of benzene rings is 1. The molecule has 2 heterocycles. The fraction of sp³-hybridized carbons (Fsp3) is 0.364. The Morgan fingerprint density at radius 1 is 1.41 bits per heavy atom. The molecule has 6 heteroatoms. The van der Waals surface area contributed by atoms with Crippen molar-refractivity contribution in [3.8, 4) is 5.75 Å². The Bertz CT molecular complexity index is 524. The predicted molar refractivity (Wildman–Crippen MR) is 61.7 cm³/mol. The van der Waals surface area contributed by atoms with Gasteiger partial charge in [0.2, 0.25) is 5.95 Å². The summed E-state index contributed by atoms with van der Waals surface area (Å²) in [6.07, 6.45) is 0.907. The van der Waals surface area contributed by atoms with Crippen LogP contribution in [0.2, 0.25) is 0 Å². The first kappa shape index (κ1) is 10.1. The summed E-state index contributed by atoms with van der Waals surface area (Å²) < 4.78 is 7.23. The smallest absolute Gasteiger partial charge is 0.243 e. The molecule has 1 aromatic carbocycles. The molecule has 1 N–H and O–H groups in total. The quantitative estimate of drug-likeness (QED) is 0.839. The number of para-hydroxylation sites is 1. The molecule has 2 aromatic rings. The average molecular weight is 231 g/mol. The minimum atomic E-state index is 0.199. The Morgan fingerprint density at radius 2 is 2.29 bits per heavy atom. The van der Waals surface area contributed by atoms with Crippen molar-refractivity contribution in [1.29, 1.82) is 0 Å². The molecule has 1 atom stereocenters. The summed E-state index contributed by atoms with van der Waals surface area (Å²) in [5, 5.41) is 14.7. The zero-order chi connectivity index (χ0) is 11.7. The van der Waals surface area contributed by atoms with Gasteiger partial charge in [-0.15, -0.1) is 0 Å². The SMILES string of the molecule is Cn1nnnc1NC1CCOc2ccccc21. The van der Waals surface area contributed by atoms with Crippen LogP contribution in [0.3, 0.4) is 0 Å². The highest BCUT2D eigenvalue weighted by Gasteiger charge is 2.22. The summed E-state index contributed by atoms with van der Waals surface area (Å²) in [6, 6.07) is 8.24. The number of hydrogen-bond donors (Lipinski definition) is 1. The number of aryl methyl sites for hydroxylation is 1. The minimum absolute atomic E-state index is 0.199. The van der Waals surface area contributed by atoms with E-state index in [1.165, 1.54) is 0 Å². The molecule has 0 radical (unpaired) electrons. The van der Waals surface area contributed by atoms with Gasteiger partial charge in [-0.2, -0.15) is 0 Å². The fourth-order valence-corrected chi connectivity index (χ4v) is 2.00. The summed E-state index contributed by atoms with van der Waals surface area (Å²) in [7, 11) is 1.81. The Hall–Kier alpha value is -2.11. The normalized spacial score (nSPS) is 18.3. The van der Waals surface area contributed by atoms with Crippen molar-refractivity contribution >= 4 is 5.95 Å². The Kier molecular flexibility index (Phi) is 2.40. The standard InChI is InChI=1S/C11H13N5O/c1-16-11(13-14-15-16)12-9-6-7-17-10-5-3-2-4-8(9)10/h2-5,9H,6-7H2,1H3,(H,12,13,15). The molecule has 0 bridgehead atoms. The molecule has 0 aliphatic carbocycles. The van der Waals surface area contributed by atoms with E-state index in [-0.39, 0.29) is 6.04 Å². The van der Waals surface area contributed by atoms with Gasteiger partial charge in [0.1, 0.15) is 5.75 Å². The zero-order valence-corrected chi connectivity index (χ0v) is 9.50.